The van der Waals surface area contributed by atoms with Gasteiger partial charge in [-0.3, -0.25) is 14.8 Å². The van der Waals surface area contributed by atoms with Gasteiger partial charge in [0.25, 0.3) is 0 Å². The Kier molecular flexibility index (Phi) is 4.66. The summed E-state index contributed by atoms with van der Waals surface area (Å²) >= 11 is 0. The quantitative estimate of drug-likeness (QED) is 0.708. The van der Waals surface area contributed by atoms with Gasteiger partial charge in [0.2, 0.25) is 5.91 Å². The van der Waals surface area contributed by atoms with Gasteiger partial charge in [-0.05, 0) is 38.3 Å². The van der Waals surface area contributed by atoms with E-state index in [-0.39, 0.29) is 11.9 Å². The van der Waals surface area contributed by atoms with Gasteiger partial charge in [0.15, 0.2) is 0 Å². The van der Waals surface area contributed by atoms with Crippen molar-refractivity contribution in [2.75, 3.05) is 6.54 Å². The minimum Gasteiger partial charge on any atom is -0.361 e. The molecule has 0 bridgehead atoms. The Morgan fingerprint density at radius 3 is 2.89 bits per heavy atom. The second-order valence-electron chi connectivity index (χ2n) is 6.81. The predicted octanol–water partition coefficient (Wildman–Crippen LogP) is 3.05. The van der Waals surface area contributed by atoms with E-state index in [1.54, 1.807) is 24.8 Å². The number of hydrogen-bond acceptors (Lipinski definition) is 6. The third-order valence-corrected chi connectivity index (χ3v) is 4.94. The molecular weight excluding hydrogens is 342 g/mol. The summed E-state index contributed by atoms with van der Waals surface area (Å²) in [6.45, 7) is 4.49. The summed E-state index contributed by atoms with van der Waals surface area (Å²) in [5.74, 6) is 0.810. The van der Waals surface area contributed by atoms with Gasteiger partial charge in [-0.25, -0.2) is 4.98 Å². The average molecular weight is 363 g/mol. The maximum Gasteiger partial charge on any atom is 0.227 e. The van der Waals surface area contributed by atoms with Crippen LogP contribution < -0.4 is 0 Å². The zero-order valence-electron chi connectivity index (χ0n) is 15.4. The van der Waals surface area contributed by atoms with Gasteiger partial charge in [0, 0.05) is 18.9 Å². The highest BCUT2D eigenvalue weighted by molar-refractivity contribution is 5.79. The van der Waals surface area contributed by atoms with Crippen molar-refractivity contribution < 1.29 is 9.32 Å². The summed E-state index contributed by atoms with van der Waals surface area (Å²) in [6, 6.07) is 3.72. The molecule has 3 aromatic heterocycles. The average Bonchev–Trinajstić information content (AvgIpc) is 3.29. The van der Waals surface area contributed by atoms with Crippen molar-refractivity contribution in [2.45, 2.75) is 39.2 Å². The molecular formula is C20H21N5O2. The van der Waals surface area contributed by atoms with E-state index in [0.29, 0.717) is 6.42 Å². The second kappa shape index (κ2) is 7.26. The van der Waals surface area contributed by atoms with Gasteiger partial charge in [-0.2, -0.15) is 0 Å². The lowest BCUT2D eigenvalue weighted by molar-refractivity contribution is -0.131. The molecule has 4 rings (SSSR count). The number of aromatic nitrogens is 4. The molecule has 0 spiro atoms. The summed E-state index contributed by atoms with van der Waals surface area (Å²) in [4.78, 5) is 28.0. The van der Waals surface area contributed by atoms with Crippen LogP contribution in [0, 0.1) is 13.8 Å². The zero-order chi connectivity index (χ0) is 18.8. The van der Waals surface area contributed by atoms with E-state index in [1.807, 2.05) is 30.9 Å². The summed E-state index contributed by atoms with van der Waals surface area (Å²) in [5, 5.41) is 4.00. The Balaban J connectivity index is 1.59. The van der Waals surface area contributed by atoms with E-state index < -0.39 is 0 Å². The predicted molar refractivity (Wildman–Crippen MR) is 98.6 cm³/mol. The standard InChI is InChI=1S/C20H21N5O2/c1-13-20(14(2)27-24-13)17-12-22-11-16(23-17)18-6-4-8-25(18)19(26)9-15-5-3-7-21-10-15/h3,5,7,10-12,18H,4,6,8-9H2,1-2H3/t18-/m0/s1. The molecule has 0 unspecified atom stereocenters. The van der Waals surface area contributed by atoms with Gasteiger partial charge < -0.3 is 9.42 Å². The first-order valence-corrected chi connectivity index (χ1v) is 9.07. The third-order valence-electron chi connectivity index (χ3n) is 4.94. The molecule has 1 amide bonds. The van der Waals surface area contributed by atoms with Crippen LogP contribution in [0.1, 0.15) is 41.6 Å². The fourth-order valence-electron chi connectivity index (χ4n) is 3.66. The fraction of sp³-hybridized carbons (Fsp3) is 0.350. The van der Waals surface area contributed by atoms with Crippen molar-refractivity contribution in [2.24, 2.45) is 0 Å². The minimum absolute atomic E-state index is 0.0536. The molecule has 27 heavy (non-hydrogen) atoms. The Morgan fingerprint density at radius 2 is 2.15 bits per heavy atom. The molecule has 1 saturated heterocycles. The lowest BCUT2D eigenvalue weighted by Gasteiger charge is -2.24. The van der Waals surface area contributed by atoms with Crippen LogP contribution in [0.2, 0.25) is 0 Å². The summed E-state index contributed by atoms with van der Waals surface area (Å²) < 4.78 is 5.25. The summed E-state index contributed by atoms with van der Waals surface area (Å²) in [7, 11) is 0. The largest absolute Gasteiger partial charge is 0.361 e. The molecule has 0 radical (unpaired) electrons. The number of hydrogen-bond donors (Lipinski definition) is 0. The maximum atomic E-state index is 12.8. The second-order valence-corrected chi connectivity index (χ2v) is 6.81. The third kappa shape index (κ3) is 3.45. The van der Waals surface area contributed by atoms with Gasteiger partial charge in [0.05, 0.1) is 47.5 Å². The van der Waals surface area contributed by atoms with E-state index in [2.05, 4.69) is 15.1 Å². The number of carbonyl (C=O) groups excluding carboxylic acids is 1. The molecule has 3 aromatic rings. The van der Waals surface area contributed by atoms with E-state index in [4.69, 9.17) is 9.51 Å². The molecule has 0 aliphatic carbocycles. The van der Waals surface area contributed by atoms with Gasteiger partial charge in [0.1, 0.15) is 5.76 Å². The van der Waals surface area contributed by atoms with Gasteiger partial charge >= 0.3 is 0 Å². The van der Waals surface area contributed by atoms with Crippen LogP contribution in [0.5, 0.6) is 0 Å². The lowest BCUT2D eigenvalue weighted by Crippen LogP contribution is -2.32. The number of pyridine rings is 1. The number of likely N-dealkylation sites (tertiary alicyclic amines) is 1. The number of amides is 1. The normalized spacial score (nSPS) is 16.7. The first-order valence-electron chi connectivity index (χ1n) is 9.07. The van der Waals surface area contributed by atoms with E-state index >= 15 is 0 Å². The highest BCUT2D eigenvalue weighted by Gasteiger charge is 2.31. The first-order chi connectivity index (χ1) is 13.1. The molecule has 138 valence electrons. The number of nitrogens with zero attached hydrogens (tertiary/aromatic N) is 5. The van der Waals surface area contributed by atoms with Crippen molar-refractivity contribution in [3.63, 3.8) is 0 Å². The number of aryl methyl sites for hydroxylation is 2. The maximum absolute atomic E-state index is 12.8. The van der Waals surface area contributed by atoms with E-state index in [0.717, 1.165) is 53.4 Å². The fourth-order valence-corrected chi connectivity index (χ4v) is 3.66. The van der Waals surface area contributed by atoms with Crippen molar-refractivity contribution in [3.05, 3.63) is 59.6 Å². The molecule has 1 atom stereocenters. The Morgan fingerprint density at radius 1 is 1.26 bits per heavy atom. The van der Waals surface area contributed by atoms with Crippen LogP contribution in [0.25, 0.3) is 11.3 Å². The molecule has 0 saturated carbocycles. The Labute approximate surface area is 157 Å². The topological polar surface area (TPSA) is 85.0 Å². The Bertz CT molecular complexity index is 935. The minimum atomic E-state index is -0.0536. The molecule has 4 heterocycles. The monoisotopic (exact) mass is 363 g/mol. The molecule has 7 heteroatoms. The summed E-state index contributed by atoms with van der Waals surface area (Å²) in [6.07, 6.45) is 9.11. The smallest absolute Gasteiger partial charge is 0.227 e. The number of carbonyl (C=O) groups is 1. The van der Waals surface area contributed by atoms with Crippen molar-refractivity contribution in [1.82, 2.24) is 25.0 Å². The van der Waals surface area contributed by atoms with Crippen molar-refractivity contribution >= 4 is 5.91 Å². The van der Waals surface area contributed by atoms with Crippen LogP contribution in [0.3, 0.4) is 0 Å². The molecule has 1 aliphatic rings. The van der Waals surface area contributed by atoms with Crippen LogP contribution in [-0.2, 0) is 11.2 Å². The first kappa shape index (κ1) is 17.3. The van der Waals surface area contributed by atoms with E-state index in [9.17, 15) is 4.79 Å². The highest BCUT2D eigenvalue weighted by atomic mass is 16.5. The Hall–Kier alpha value is -3.09. The molecule has 1 fully saturated rings. The highest BCUT2D eigenvalue weighted by Crippen LogP contribution is 2.33. The van der Waals surface area contributed by atoms with Crippen LogP contribution >= 0.6 is 0 Å². The van der Waals surface area contributed by atoms with E-state index in [1.165, 1.54) is 0 Å². The zero-order valence-corrected chi connectivity index (χ0v) is 15.4. The lowest BCUT2D eigenvalue weighted by atomic mass is 10.1. The molecule has 0 N–H and O–H groups in total. The summed E-state index contributed by atoms with van der Waals surface area (Å²) in [5.41, 5.74) is 4.12. The van der Waals surface area contributed by atoms with Crippen molar-refractivity contribution in [3.8, 4) is 11.3 Å². The van der Waals surface area contributed by atoms with Gasteiger partial charge in [-0.15, -0.1) is 0 Å². The van der Waals surface area contributed by atoms with Crippen LogP contribution in [-0.4, -0.2) is 37.5 Å². The molecule has 7 nitrogen and oxygen atoms in total. The molecule has 0 aromatic carbocycles. The van der Waals surface area contributed by atoms with Gasteiger partial charge in [-0.1, -0.05) is 11.2 Å². The van der Waals surface area contributed by atoms with Crippen molar-refractivity contribution in [1.29, 1.82) is 0 Å². The van der Waals surface area contributed by atoms with Crippen LogP contribution in [0.4, 0.5) is 0 Å². The molecule has 1 aliphatic heterocycles. The SMILES string of the molecule is Cc1noc(C)c1-c1cncc([C@@H]2CCCN2C(=O)Cc2cccnc2)n1. The number of rotatable bonds is 4. The van der Waals surface area contributed by atoms with Crippen LogP contribution in [0.15, 0.2) is 41.4 Å².